The molecule has 1 unspecified atom stereocenters. The summed E-state index contributed by atoms with van der Waals surface area (Å²) in [5, 5.41) is 11.7. The average molecular weight is 308 g/mol. The zero-order valence-electron chi connectivity index (χ0n) is 11.8. The summed E-state index contributed by atoms with van der Waals surface area (Å²) in [5.74, 6) is -1.89. The molecule has 2 fully saturated rings. The van der Waals surface area contributed by atoms with Crippen LogP contribution in [-0.2, 0) is 9.59 Å². The van der Waals surface area contributed by atoms with Crippen LogP contribution in [0.15, 0.2) is 0 Å². The number of amides is 1. The highest BCUT2D eigenvalue weighted by Crippen LogP contribution is 2.45. The maximum absolute atomic E-state index is 13.3. The predicted molar refractivity (Wildman–Crippen MR) is 67.5 cm³/mol. The molecule has 2 saturated heterocycles. The normalized spacial score (nSPS) is 29.4. The second-order valence-electron chi connectivity index (χ2n) is 6.16. The second kappa shape index (κ2) is 5.15. The van der Waals surface area contributed by atoms with Gasteiger partial charge in [-0.2, -0.15) is 13.2 Å². The number of piperidine rings is 1. The van der Waals surface area contributed by atoms with Crippen molar-refractivity contribution in [3.05, 3.63) is 0 Å². The topological polar surface area (TPSA) is 69.6 Å². The summed E-state index contributed by atoms with van der Waals surface area (Å²) < 4.78 is 40.0. The molecular weight excluding hydrogens is 289 g/mol. The van der Waals surface area contributed by atoms with Gasteiger partial charge in [-0.25, -0.2) is 0 Å². The van der Waals surface area contributed by atoms with E-state index in [0.717, 1.165) is 0 Å². The number of nitrogens with one attached hydrogen (secondary N) is 1. The number of rotatable bonds is 2. The maximum Gasteiger partial charge on any atom is 0.404 e. The highest BCUT2D eigenvalue weighted by molar-refractivity contribution is 5.85. The molecule has 0 spiro atoms. The summed E-state index contributed by atoms with van der Waals surface area (Å²) in [4.78, 5) is 24.7. The molecule has 0 radical (unpaired) electrons. The molecule has 0 aromatic carbocycles. The van der Waals surface area contributed by atoms with E-state index < -0.39 is 35.4 Å². The molecule has 0 aromatic heterocycles. The van der Waals surface area contributed by atoms with Crippen LogP contribution >= 0.6 is 0 Å². The summed E-state index contributed by atoms with van der Waals surface area (Å²) >= 11 is 0. The largest absolute Gasteiger partial charge is 0.481 e. The van der Waals surface area contributed by atoms with Crippen LogP contribution in [0.4, 0.5) is 13.2 Å². The molecule has 5 nitrogen and oxygen atoms in total. The minimum atomic E-state index is -4.60. The molecule has 0 aromatic rings. The number of hydrogen-bond donors (Lipinski definition) is 2. The molecule has 8 heteroatoms. The Bertz CT molecular complexity index is 436. The van der Waals surface area contributed by atoms with Gasteiger partial charge in [0.25, 0.3) is 0 Å². The van der Waals surface area contributed by atoms with Crippen LogP contribution in [0, 0.1) is 10.8 Å². The summed E-state index contributed by atoms with van der Waals surface area (Å²) in [6.07, 6.45) is -4.51. The van der Waals surface area contributed by atoms with Gasteiger partial charge < -0.3 is 15.3 Å². The monoisotopic (exact) mass is 308 g/mol. The Morgan fingerprint density at radius 3 is 2.14 bits per heavy atom. The molecule has 0 saturated carbocycles. The van der Waals surface area contributed by atoms with Gasteiger partial charge in [0.15, 0.2) is 5.41 Å². The number of alkyl halides is 3. The van der Waals surface area contributed by atoms with Crippen molar-refractivity contribution >= 4 is 11.9 Å². The first-order valence-corrected chi connectivity index (χ1v) is 6.93. The molecule has 2 aliphatic rings. The van der Waals surface area contributed by atoms with E-state index in [-0.39, 0.29) is 38.9 Å². The summed E-state index contributed by atoms with van der Waals surface area (Å²) in [6.45, 7) is 1.43. The number of carboxylic acid groups (broad SMARTS) is 1. The van der Waals surface area contributed by atoms with Crippen molar-refractivity contribution < 1.29 is 27.9 Å². The Balaban J connectivity index is 2.13. The van der Waals surface area contributed by atoms with Gasteiger partial charge in [0, 0.05) is 19.6 Å². The molecule has 120 valence electrons. The molecule has 2 rings (SSSR count). The minimum absolute atomic E-state index is 0.0550. The van der Waals surface area contributed by atoms with Crippen LogP contribution in [0.5, 0.6) is 0 Å². The third-order valence-electron chi connectivity index (χ3n) is 4.78. The van der Waals surface area contributed by atoms with E-state index in [9.17, 15) is 22.8 Å². The van der Waals surface area contributed by atoms with E-state index in [1.807, 2.05) is 0 Å². The smallest absolute Gasteiger partial charge is 0.404 e. The van der Waals surface area contributed by atoms with E-state index in [1.165, 1.54) is 4.90 Å². The van der Waals surface area contributed by atoms with Crippen LogP contribution in [0.25, 0.3) is 0 Å². The van der Waals surface area contributed by atoms with Gasteiger partial charge in [0.05, 0.1) is 5.41 Å². The summed E-state index contributed by atoms with van der Waals surface area (Å²) in [7, 11) is 0. The number of carbonyl (C=O) groups excluding carboxylic acids is 1. The number of nitrogens with zero attached hydrogens (tertiary/aromatic N) is 1. The first-order valence-electron chi connectivity index (χ1n) is 6.93. The van der Waals surface area contributed by atoms with Crippen molar-refractivity contribution in [2.45, 2.75) is 32.4 Å². The highest BCUT2D eigenvalue weighted by atomic mass is 19.4. The Kier molecular flexibility index (Phi) is 3.94. The number of halogens is 3. The third-order valence-corrected chi connectivity index (χ3v) is 4.78. The van der Waals surface area contributed by atoms with Gasteiger partial charge in [-0.05, 0) is 32.7 Å². The van der Waals surface area contributed by atoms with Crippen LogP contribution < -0.4 is 5.32 Å². The average Bonchev–Trinajstić information content (AvgIpc) is 2.88. The maximum atomic E-state index is 13.3. The van der Waals surface area contributed by atoms with E-state index in [2.05, 4.69) is 5.32 Å². The Morgan fingerprint density at radius 2 is 1.76 bits per heavy atom. The second-order valence-corrected chi connectivity index (χ2v) is 6.16. The molecule has 2 heterocycles. The molecule has 2 aliphatic heterocycles. The van der Waals surface area contributed by atoms with Crippen molar-refractivity contribution in [2.24, 2.45) is 10.8 Å². The number of aliphatic carboxylic acids is 1. The van der Waals surface area contributed by atoms with Crippen molar-refractivity contribution in [2.75, 3.05) is 26.2 Å². The fourth-order valence-corrected chi connectivity index (χ4v) is 2.96. The summed E-state index contributed by atoms with van der Waals surface area (Å²) in [5.41, 5.74) is -3.32. The minimum Gasteiger partial charge on any atom is -0.481 e. The van der Waals surface area contributed by atoms with Crippen molar-refractivity contribution in [3.8, 4) is 0 Å². The number of carboxylic acids is 1. The van der Waals surface area contributed by atoms with E-state index in [1.54, 1.807) is 6.92 Å². The molecule has 2 N–H and O–H groups in total. The Morgan fingerprint density at radius 1 is 1.19 bits per heavy atom. The number of hydrogen-bond acceptors (Lipinski definition) is 3. The Labute approximate surface area is 120 Å². The SMILES string of the molecule is CC1(C(=O)O)CCN(C(=O)C2(C(F)(F)F)CCNC2)CC1. The number of carbonyl (C=O) groups is 2. The van der Waals surface area contributed by atoms with Gasteiger partial charge in [-0.15, -0.1) is 0 Å². The van der Waals surface area contributed by atoms with Gasteiger partial charge in [-0.1, -0.05) is 0 Å². The van der Waals surface area contributed by atoms with E-state index in [4.69, 9.17) is 5.11 Å². The van der Waals surface area contributed by atoms with Crippen molar-refractivity contribution in [3.63, 3.8) is 0 Å². The zero-order valence-corrected chi connectivity index (χ0v) is 11.8. The lowest BCUT2D eigenvalue weighted by molar-refractivity contribution is -0.222. The van der Waals surface area contributed by atoms with Crippen LogP contribution in [0.2, 0.25) is 0 Å². The van der Waals surface area contributed by atoms with E-state index in [0.29, 0.717) is 0 Å². The fourth-order valence-electron chi connectivity index (χ4n) is 2.96. The van der Waals surface area contributed by atoms with Gasteiger partial charge in [0.1, 0.15) is 0 Å². The first kappa shape index (κ1) is 16.1. The molecule has 1 amide bonds. The number of likely N-dealkylation sites (tertiary alicyclic amines) is 1. The predicted octanol–water partition coefficient (Wildman–Crippen LogP) is 1.24. The van der Waals surface area contributed by atoms with Crippen LogP contribution in [0.3, 0.4) is 0 Å². The molecular formula is C13H19F3N2O3. The highest BCUT2D eigenvalue weighted by Gasteiger charge is 2.62. The zero-order chi connectivity index (χ0) is 15.9. The molecule has 0 aliphatic carbocycles. The first-order chi connectivity index (χ1) is 9.62. The van der Waals surface area contributed by atoms with Crippen molar-refractivity contribution in [1.82, 2.24) is 10.2 Å². The molecule has 1 atom stereocenters. The molecule has 21 heavy (non-hydrogen) atoms. The van der Waals surface area contributed by atoms with Crippen LogP contribution in [0.1, 0.15) is 26.2 Å². The quantitative estimate of drug-likeness (QED) is 0.805. The van der Waals surface area contributed by atoms with Crippen LogP contribution in [-0.4, -0.2) is 54.2 Å². The lowest BCUT2D eigenvalue weighted by Gasteiger charge is -2.41. The standard InChI is InChI=1S/C13H19F3N2O3/c1-11(10(20)21)3-6-18(7-4-11)9(19)12(13(14,15)16)2-5-17-8-12/h17H,2-8H2,1H3,(H,20,21). The third kappa shape index (κ3) is 2.61. The van der Waals surface area contributed by atoms with Gasteiger partial charge in [0.2, 0.25) is 5.91 Å². The summed E-state index contributed by atoms with van der Waals surface area (Å²) in [6, 6.07) is 0. The Hall–Kier alpha value is -1.31. The van der Waals surface area contributed by atoms with Crippen molar-refractivity contribution in [1.29, 1.82) is 0 Å². The lowest BCUT2D eigenvalue weighted by Crippen LogP contribution is -2.56. The fraction of sp³-hybridized carbons (Fsp3) is 0.846. The van der Waals surface area contributed by atoms with Gasteiger partial charge >= 0.3 is 12.1 Å². The lowest BCUT2D eigenvalue weighted by atomic mass is 9.78. The van der Waals surface area contributed by atoms with E-state index >= 15 is 0 Å². The van der Waals surface area contributed by atoms with Gasteiger partial charge in [-0.3, -0.25) is 9.59 Å². The molecule has 0 bridgehead atoms.